The third-order valence-electron chi connectivity index (χ3n) is 4.81. The lowest BCUT2D eigenvalue weighted by molar-refractivity contribution is -0.0513. The fraction of sp³-hybridized carbons (Fsp3) is 1.00. The van der Waals surface area contributed by atoms with E-state index in [0.29, 0.717) is 22.8 Å². The van der Waals surface area contributed by atoms with E-state index in [4.69, 9.17) is 4.74 Å². The molecule has 8 heteroatoms. The molecule has 0 aromatic rings. The summed E-state index contributed by atoms with van der Waals surface area (Å²) >= 11 is 4.00. The molecule has 0 spiro atoms. The van der Waals surface area contributed by atoms with Crippen LogP contribution < -0.4 is 16.2 Å². The summed E-state index contributed by atoms with van der Waals surface area (Å²) in [4.78, 5) is 2.27. The van der Waals surface area contributed by atoms with Gasteiger partial charge in [-0.3, -0.25) is 4.90 Å². The highest BCUT2D eigenvalue weighted by Crippen LogP contribution is 2.36. The summed E-state index contributed by atoms with van der Waals surface area (Å²) in [5.41, 5.74) is 6.82. The standard InChI is InChI=1S/C14H28N4O2S2/c1-18-8-15-17-14(18)22-7-10-6-21-13(16-10)9-3-4-11(19)12(5-9)20-2/h9-17,19H,3-8H2,1-2H3. The van der Waals surface area contributed by atoms with E-state index in [-0.39, 0.29) is 12.2 Å². The molecule has 1 aliphatic carbocycles. The third kappa shape index (κ3) is 4.10. The second-order valence-corrected chi connectivity index (χ2v) is 8.74. The van der Waals surface area contributed by atoms with E-state index in [2.05, 4.69) is 28.1 Å². The van der Waals surface area contributed by atoms with Crippen LogP contribution in [0.3, 0.4) is 0 Å². The zero-order valence-corrected chi connectivity index (χ0v) is 15.0. The summed E-state index contributed by atoms with van der Waals surface area (Å²) < 4.78 is 5.43. The van der Waals surface area contributed by atoms with Gasteiger partial charge in [-0.2, -0.15) is 0 Å². The zero-order valence-electron chi connectivity index (χ0n) is 13.3. The van der Waals surface area contributed by atoms with Gasteiger partial charge >= 0.3 is 0 Å². The van der Waals surface area contributed by atoms with Gasteiger partial charge in [0.05, 0.1) is 24.3 Å². The average molecular weight is 349 g/mol. The molecule has 4 N–H and O–H groups in total. The summed E-state index contributed by atoms with van der Waals surface area (Å²) in [5.74, 6) is 2.91. The Balaban J connectivity index is 1.42. The Morgan fingerprint density at radius 2 is 2.27 bits per heavy atom. The minimum atomic E-state index is -0.282. The lowest BCUT2D eigenvalue weighted by atomic mass is 9.85. The van der Waals surface area contributed by atoms with E-state index in [1.807, 2.05) is 23.5 Å². The van der Waals surface area contributed by atoms with Gasteiger partial charge in [0, 0.05) is 24.7 Å². The maximum atomic E-state index is 9.94. The van der Waals surface area contributed by atoms with Crippen molar-refractivity contribution in [3.05, 3.63) is 0 Å². The van der Waals surface area contributed by atoms with Crippen LogP contribution in [0, 0.1) is 5.92 Å². The van der Waals surface area contributed by atoms with E-state index in [0.717, 1.165) is 31.7 Å². The molecule has 3 aliphatic rings. The molecular weight excluding hydrogens is 320 g/mol. The first-order valence-corrected chi connectivity index (χ1v) is 10.2. The van der Waals surface area contributed by atoms with Crippen molar-refractivity contribution in [1.29, 1.82) is 0 Å². The van der Waals surface area contributed by atoms with E-state index >= 15 is 0 Å². The van der Waals surface area contributed by atoms with Gasteiger partial charge in [-0.05, 0) is 32.2 Å². The molecular formula is C14H28N4O2S2. The van der Waals surface area contributed by atoms with Crippen LogP contribution in [-0.4, -0.2) is 71.5 Å². The summed E-state index contributed by atoms with van der Waals surface area (Å²) in [6.07, 6.45) is 2.66. The second kappa shape index (κ2) is 8.02. The fourth-order valence-electron chi connectivity index (χ4n) is 3.42. The fourth-order valence-corrected chi connectivity index (χ4v) is 6.15. The van der Waals surface area contributed by atoms with Crippen molar-refractivity contribution < 1.29 is 9.84 Å². The molecule has 6 unspecified atom stereocenters. The SMILES string of the molecule is COC1CC(C2NC(CSC3NNCN3C)CS2)CCC1O. The van der Waals surface area contributed by atoms with Crippen molar-refractivity contribution in [3.8, 4) is 0 Å². The highest BCUT2D eigenvalue weighted by molar-refractivity contribution is 8.01. The summed E-state index contributed by atoms with van der Waals surface area (Å²) in [7, 11) is 3.84. The van der Waals surface area contributed by atoms with E-state index in [1.165, 1.54) is 5.75 Å². The molecule has 22 heavy (non-hydrogen) atoms. The first kappa shape index (κ1) is 17.3. The number of nitrogens with zero attached hydrogens (tertiary/aromatic N) is 1. The number of thioether (sulfide) groups is 2. The van der Waals surface area contributed by atoms with Gasteiger partial charge < -0.3 is 15.2 Å². The number of aliphatic hydroxyl groups excluding tert-OH is 1. The number of ether oxygens (including phenoxy) is 1. The van der Waals surface area contributed by atoms with Crippen LogP contribution in [0.1, 0.15) is 19.3 Å². The molecule has 6 atom stereocenters. The Hall–Kier alpha value is 0.460. The van der Waals surface area contributed by atoms with E-state index < -0.39 is 0 Å². The van der Waals surface area contributed by atoms with Gasteiger partial charge in [-0.25, -0.2) is 10.9 Å². The normalized spacial score (nSPS) is 43.8. The predicted octanol–water partition coefficient (Wildman–Crippen LogP) is 0.207. The largest absolute Gasteiger partial charge is 0.390 e. The number of methoxy groups -OCH3 is 1. The minimum absolute atomic E-state index is 0.0111. The second-order valence-electron chi connectivity index (χ2n) is 6.45. The Bertz CT molecular complexity index is 366. The number of hydrogen-bond acceptors (Lipinski definition) is 8. The van der Waals surface area contributed by atoms with Crippen molar-refractivity contribution in [1.82, 2.24) is 21.1 Å². The number of hydrazine groups is 1. The van der Waals surface area contributed by atoms with Gasteiger partial charge in [0.15, 0.2) is 0 Å². The Morgan fingerprint density at radius 3 is 3.00 bits per heavy atom. The monoisotopic (exact) mass is 348 g/mol. The minimum Gasteiger partial charge on any atom is -0.390 e. The van der Waals surface area contributed by atoms with Gasteiger partial charge in [0.2, 0.25) is 0 Å². The highest BCUT2D eigenvalue weighted by atomic mass is 32.2. The van der Waals surface area contributed by atoms with Crippen molar-refractivity contribution in [2.75, 3.05) is 32.3 Å². The van der Waals surface area contributed by atoms with Crippen molar-refractivity contribution in [3.63, 3.8) is 0 Å². The first-order chi connectivity index (χ1) is 10.7. The van der Waals surface area contributed by atoms with Gasteiger partial charge in [-0.15, -0.1) is 23.5 Å². The van der Waals surface area contributed by atoms with E-state index in [9.17, 15) is 5.11 Å². The molecule has 128 valence electrons. The average Bonchev–Trinajstić information content (AvgIpc) is 3.15. The topological polar surface area (TPSA) is 68.8 Å². The number of rotatable bonds is 5. The van der Waals surface area contributed by atoms with Crippen LogP contribution in [-0.2, 0) is 4.74 Å². The Labute approximate surface area is 141 Å². The van der Waals surface area contributed by atoms with Gasteiger partial charge in [-0.1, -0.05) is 0 Å². The van der Waals surface area contributed by atoms with Crippen LogP contribution in [0.2, 0.25) is 0 Å². The molecule has 3 fully saturated rings. The van der Waals surface area contributed by atoms with Crippen LogP contribution in [0.4, 0.5) is 0 Å². The summed E-state index contributed by atoms with van der Waals surface area (Å²) in [5, 5.41) is 14.3. The molecule has 0 aromatic heterocycles. The van der Waals surface area contributed by atoms with Crippen LogP contribution in [0.25, 0.3) is 0 Å². The lowest BCUT2D eigenvalue weighted by Crippen LogP contribution is -2.43. The van der Waals surface area contributed by atoms with E-state index in [1.54, 1.807) is 7.11 Å². The molecule has 0 bridgehead atoms. The maximum absolute atomic E-state index is 9.94. The Morgan fingerprint density at radius 1 is 1.41 bits per heavy atom. The predicted molar refractivity (Wildman–Crippen MR) is 92.5 cm³/mol. The number of aliphatic hydroxyl groups is 1. The lowest BCUT2D eigenvalue weighted by Gasteiger charge is -2.35. The number of hydrogen-bond donors (Lipinski definition) is 4. The van der Waals surface area contributed by atoms with Gasteiger partial charge in [0.1, 0.15) is 5.50 Å². The number of nitrogens with one attached hydrogen (secondary N) is 3. The van der Waals surface area contributed by atoms with Crippen LogP contribution in [0.5, 0.6) is 0 Å². The quantitative estimate of drug-likeness (QED) is 0.562. The molecule has 2 heterocycles. The third-order valence-corrected chi connectivity index (χ3v) is 7.68. The zero-order chi connectivity index (χ0) is 15.5. The summed E-state index contributed by atoms with van der Waals surface area (Å²) in [6, 6.07) is 0.573. The van der Waals surface area contributed by atoms with Crippen molar-refractivity contribution in [2.24, 2.45) is 5.92 Å². The molecule has 3 rings (SSSR count). The molecule has 0 amide bonds. The molecule has 2 saturated heterocycles. The molecule has 1 saturated carbocycles. The van der Waals surface area contributed by atoms with Crippen LogP contribution in [0.15, 0.2) is 0 Å². The highest BCUT2D eigenvalue weighted by Gasteiger charge is 2.37. The smallest absolute Gasteiger partial charge is 0.121 e. The molecule has 2 aliphatic heterocycles. The van der Waals surface area contributed by atoms with Crippen LogP contribution >= 0.6 is 23.5 Å². The summed E-state index contributed by atoms with van der Waals surface area (Å²) in [6.45, 7) is 0.899. The van der Waals surface area contributed by atoms with Crippen molar-refractivity contribution >= 4 is 23.5 Å². The van der Waals surface area contributed by atoms with Gasteiger partial charge in [0.25, 0.3) is 0 Å². The van der Waals surface area contributed by atoms with Crippen molar-refractivity contribution in [2.45, 2.75) is 48.4 Å². The first-order valence-electron chi connectivity index (χ1n) is 8.06. The Kier molecular flexibility index (Phi) is 6.31. The molecule has 0 aromatic carbocycles. The maximum Gasteiger partial charge on any atom is 0.121 e. The molecule has 6 nitrogen and oxygen atoms in total. The molecule has 0 radical (unpaired) electrons.